The van der Waals surface area contributed by atoms with Crippen molar-refractivity contribution in [2.24, 2.45) is 0 Å². The van der Waals surface area contributed by atoms with Crippen LogP contribution in [-0.2, 0) is 9.47 Å². The van der Waals surface area contributed by atoms with Gasteiger partial charge in [0.25, 0.3) is 5.91 Å². The lowest BCUT2D eigenvalue weighted by Gasteiger charge is -2.37. The van der Waals surface area contributed by atoms with Crippen molar-refractivity contribution in [3.8, 4) is 5.69 Å². The van der Waals surface area contributed by atoms with Gasteiger partial charge in [0.05, 0.1) is 30.7 Å². The molecule has 7 heteroatoms. The number of aromatic nitrogens is 2. The van der Waals surface area contributed by atoms with Crippen LogP contribution in [0.15, 0.2) is 30.5 Å². The highest BCUT2D eigenvalue weighted by molar-refractivity contribution is 5.95. The molecular formula is C18H20FN3O3. The molecule has 4 rings (SSSR count). The Labute approximate surface area is 145 Å². The van der Waals surface area contributed by atoms with Crippen molar-refractivity contribution in [3.05, 3.63) is 47.5 Å². The van der Waals surface area contributed by atoms with Crippen LogP contribution in [0, 0.1) is 12.7 Å². The molecule has 25 heavy (non-hydrogen) atoms. The minimum absolute atomic E-state index is 0.0899. The standard InChI is InChI=1S/C18H20FN3O3/c1-13-14(12-20-22(13)16-5-3-2-4-15(16)19)17(23)21-8-6-18(7-9-21)24-10-11-25-18/h2-5,12H,6-11H2,1H3. The van der Waals surface area contributed by atoms with E-state index in [-0.39, 0.29) is 11.7 Å². The maximum Gasteiger partial charge on any atom is 0.257 e. The number of carbonyl (C=O) groups is 1. The molecule has 0 saturated carbocycles. The van der Waals surface area contributed by atoms with Crippen molar-refractivity contribution < 1.29 is 18.7 Å². The van der Waals surface area contributed by atoms with Gasteiger partial charge >= 0.3 is 0 Å². The molecule has 0 N–H and O–H groups in total. The Balaban J connectivity index is 1.53. The van der Waals surface area contributed by atoms with Gasteiger partial charge in [-0.05, 0) is 19.1 Å². The quantitative estimate of drug-likeness (QED) is 0.838. The number of likely N-dealkylation sites (tertiary alicyclic amines) is 1. The molecule has 1 spiro atoms. The van der Waals surface area contributed by atoms with Gasteiger partial charge in [-0.3, -0.25) is 4.79 Å². The molecule has 1 amide bonds. The summed E-state index contributed by atoms with van der Waals surface area (Å²) in [5.74, 6) is -0.973. The van der Waals surface area contributed by atoms with Crippen LogP contribution in [-0.4, -0.2) is 52.7 Å². The van der Waals surface area contributed by atoms with Gasteiger partial charge < -0.3 is 14.4 Å². The molecule has 2 aliphatic heterocycles. The Hall–Kier alpha value is -2.25. The second-order valence-electron chi connectivity index (χ2n) is 6.41. The van der Waals surface area contributed by atoms with Crippen molar-refractivity contribution in [1.82, 2.24) is 14.7 Å². The number of hydrogen-bond donors (Lipinski definition) is 0. The van der Waals surface area contributed by atoms with Crippen LogP contribution >= 0.6 is 0 Å². The fraction of sp³-hybridized carbons (Fsp3) is 0.444. The maximum absolute atomic E-state index is 14.0. The largest absolute Gasteiger partial charge is 0.347 e. The van der Waals surface area contributed by atoms with Crippen molar-refractivity contribution >= 4 is 5.91 Å². The molecular weight excluding hydrogens is 325 g/mol. The number of hydrogen-bond acceptors (Lipinski definition) is 4. The van der Waals surface area contributed by atoms with Crippen LogP contribution < -0.4 is 0 Å². The average molecular weight is 345 g/mol. The molecule has 6 nitrogen and oxygen atoms in total. The monoisotopic (exact) mass is 345 g/mol. The molecule has 0 unspecified atom stereocenters. The summed E-state index contributed by atoms with van der Waals surface area (Å²) < 4.78 is 26.9. The number of benzene rings is 1. The van der Waals surface area contributed by atoms with E-state index in [0.29, 0.717) is 56.1 Å². The predicted octanol–water partition coefficient (Wildman–Crippen LogP) is 2.30. The molecule has 2 aromatic rings. The second-order valence-corrected chi connectivity index (χ2v) is 6.41. The molecule has 0 radical (unpaired) electrons. The summed E-state index contributed by atoms with van der Waals surface area (Å²) in [6.07, 6.45) is 2.84. The van der Waals surface area contributed by atoms with Gasteiger partial charge in [0.2, 0.25) is 0 Å². The molecule has 0 aliphatic carbocycles. The predicted molar refractivity (Wildman–Crippen MR) is 88.0 cm³/mol. The van der Waals surface area contributed by atoms with E-state index in [1.165, 1.54) is 16.9 Å². The number of amides is 1. The number of carbonyl (C=O) groups excluding carboxylic acids is 1. The third kappa shape index (κ3) is 2.83. The molecule has 2 fully saturated rings. The number of ether oxygens (including phenoxy) is 2. The van der Waals surface area contributed by atoms with Crippen molar-refractivity contribution in [3.63, 3.8) is 0 Å². The third-order valence-electron chi connectivity index (χ3n) is 4.95. The van der Waals surface area contributed by atoms with Gasteiger partial charge in [-0.15, -0.1) is 0 Å². The smallest absolute Gasteiger partial charge is 0.257 e. The second kappa shape index (κ2) is 6.24. The van der Waals surface area contributed by atoms with Crippen LogP contribution in [0.25, 0.3) is 5.69 Å². The zero-order chi connectivity index (χ0) is 17.4. The average Bonchev–Trinajstić information content (AvgIpc) is 3.23. The van der Waals surface area contributed by atoms with Crippen LogP contribution in [0.4, 0.5) is 4.39 Å². The zero-order valence-corrected chi connectivity index (χ0v) is 14.1. The van der Waals surface area contributed by atoms with Gasteiger partial charge in [-0.25, -0.2) is 9.07 Å². The summed E-state index contributed by atoms with van der Waals surface area (Å²) >= 11 is 0. The minimum Gasteiger partial charge on any atom is -0.347 e. The summed E-state index contributed by atoms with van der Waals surface area (Å²) in [7, 11) is 0. The third-order valence-corrected chi connectivity index (χ3v) is 4.95. The van der Waals surface area contributed by atoms with E-state index in [2.05, 4.69) is 5.10 Å². The highest BCUT2D eigenvalue weighted by Crippen LogP contribution is 2.32. The minimum atomic E-state index is -0.511. The first-order chi connectivity index (χ1) is 12.1. The van der Waals surface area contributed by atoms with Gasteiger partial charge in [-0.1, -0.05) is 12.1 Å². The fourth-order valence-electron chi connectivity index (χ4n) is 3.49. The Kier molecular flexibility index (Phi) is 4.05. The molecule has 0 bridgehead atoms. The number of para-hydroxylation sites is 1. The highest BCUT2D eigenvalue weighted by atomic mass is 19.1. The molecule has 3 heterocycles. The van der Waals surface area contributed by atoms with E-state index in [1.54, 1.807) is 30.0 Å². The first-order valence-electron chi connectivity index (χ1n) is 8.46. The van der Waals surface area contributed by atoms with Crippen molar-refractivity contribution in [2.45, 2.75) is 25.6 Å². The number of rotatable bonds is 2. The maximum atomic E-state index is 14.0. The van der Waals surface area contributed by atoms with Crippen molar-refractivity contribution in [1.29, 1.82) is 0 Å². The summed E-state index contributed by atoms with van der Waals surface area (Å²) in [5, 5.41) is 4.21. The van der Waals surface area contributed by atoms with Crippen LogP contribution in [0.1, 0.15) is 28.9 Å². The molecule has 132 valence electrons. The molecule has 1 aromatic carbocycles. The van der Waals surface area contributed by atoms with Gasteiger partial charge in [0, 0.05) is 25.9 Å². The summed E-state index contributed by atoms with van der Waals surface area (Å²) in [5.41, 5.74) is 1.46. The van der Waals surface area contributed by atoms with E-state index >= 15 is 0 Å². The molecule has 2 aliphatic rings. The Morgan fingerprint density at radius 3 is 2.56 bits per heavy atom. The Bertz CT molecular complexity index is 789. The van der Waals surface area contributed by atoms with E-state index < -0.39 is 5.79 Å². The van der Waals surface area contributed by atoms with Gasteiger partial charge in [0.1, 0.15) is 11.5 Å². The fourth-order valence-corrected chi connectivity index (χ4v) is 3.49. The lowest BCUT2D eigenvalue weighted by atomic mass is 10.0. The lowest BCUT2D eigenvalue weighted by molar-refractivity contribution is -0.181. The first-order valence-corrected chi connectivity index (χ1v) is 8.46. The Morgan fingerprint density at radius 1 is 1.20 bits per heavy atom. The van der Waals surface area contributed by atoms with E-state index in [4.69, 9.17) is 9.47 Å². The van der Waals surface area contributed by atoms with E-state index in [9.17, 15) is 9.18 Å². The summed E-state index contributed by atoms with van der Waals surface area (Å²) in [6, 6.07) is 6.39. The Morgan fingerprint density at radius 2 is 1.88 bits per heavy atom. The lowest BCUT2D eigenvalue weighted by Crippen LogP contribution is -2.47. The zero-order valence-electron chi connectivity index (χ0n) is 14.1. The molecule has 2 saturated heterocycles. The van der Waals surface area contributed by atoms with Crippen molar-refractivity contribution in [2.75, 3.05) is 26.3 Å². The van der Waals surface area contributed by atoms with Crippen LogP contribution in [0.3, 0.4) is 0 Å². The van der Waals surface area contributed by atoms with Gasteiger partial charge in [0.15, 0.2) is 5.79 Å². The highest BCUT2D eigenvalue weighted by Gasteiger charge is 2.41. The number of halogens is 1. The van der Waals surface area contributed by atoms with E-state index in [1.807, 2.05) is 0 Å². The van der Waals surface area contributed by atoms with Gasteiger partial charge in [-0.2, -0.15) is 5.10 Å². The molecule has 1 aromatic heterocycles. The first kappa shape index (κ1) is 16.2. The van der Waals surface area contributed by atoms with E-state index in [0.717, 1.165) is 0 Å². The number of piperidine rings is 1. The van der Waals surface area contributed by atoms with Crippen LogP contribution in [0.5, 0.6) is 0 Å². The molecule has 0 atom stereocenters. The summed E-state index contributed by atoms with van der Waals surface area (Å²) in [4.78, 5) is 14.6. The normalized spacial score (nSPS) is 19.5. The number of nitrogens with zero attached hydrogens (tertiary/aromatic N) is 3. The SMILES string of the molecule is Cc1c(C(=O)N2CCC3(CC2)OCCO3)cnn1-c1ccccc1F. The van der Waals surface area contributed by atoms with Crippen LogP contribution in [0.2, 0.25) is 0 Å². The topological polar surface area (TPSA) is 56.6 Å². The summed E-state index contributed by atoms with van der Waals surface area (Å²) in [6.45, 7) is 4.15.